The van der Waals surface area contributed by atoms with E-state index >= 15 is 0 Å². The lowest BCUT2D eigenvalue weighted by Gasteiger charge is -2.21. The zero-order valence-corrected chi connectivity index (χ0v) is 16.8. The Labute approximate surface area is 173 Å². The summed E-state index contributed by atoms with van der Waals surface area (Å²) in [6.45, 7) is 4.01. The van der Waals surface area contributed by atoms with E-state index in [0.29, 0.717) is 12.3 Å². The van der Waals surface area contributed by atoms with E-state index in [2.05, 4.69) is 21.4 Å². The topological polar surface area (TPSA) is 58.4 Å². The Morgan fingerprint density at radius 1 is 1.21 bits per heavy atom. The van der Waals surface area contributed by atoms with Crippen molar-refractivity contribution in [1.29, 1.82) is 0 Å². The minimum Gasteiger partial charge on any atom is -0.371 e. The Bertz CT molecular complexity index is 1020. The lowest BCUT2D eigenvalue weighted by molar-refractivity contribution is 0.0950. The predicted octanol–water partition coefficient (Wildman–Crippen LogP) is 4.97. The minimum atomic E-state index is -0.556. The molecule has 5 nitrogen and oxygen atoms in total. The zero-order chi connectivity index (χ0) is 20.4. The number of para-hydroxylation sites is 1. The van der Waals surface area contributed by atoms with Gasteiger partial charge in [-0.05, 0) is 43.5 Å². The van der Waals surface area contributed by atoms with E-state index in [-0.39, 0.29) is 27.8 Å². The van der Waals surface area contributed by atoms with Crippen LogP contribution in [0.1, 0.15) is 34.5 Å². The number of carbonyl (C=O) groups excluding carboxylic acids is 1. The second-order valence-electron chi connectivity index (χ2n) is 7.06. The van der Waals surface area contributed by atoms with E-state index in [4.69, 9.17) is 16.1 Å². The van der Waals surface area contributed by atoms with Crippen molar-refractivity contribution in [2.24, 2.45) is 0 Å². The molecular formula is C22H21ClFN3O2. The van der Waals surface area contributed by atoms with E-state index < -0.39 is 5.82 Å². The Morgan fingerprint density at radius 2 is 1.97 bits per heavy atom. The summed E-state index contributed by atoms with van der Waals surface area (Å²) in [5.41, 5.74) is 2.52. The number of amides is 1. The average Bonchev–Trinajstić information content (AvgIpc) is 3.37. The molecule has 0 aliphatic carbocycles. The number of aromatic nitrogens is 1. The van der Waals surface area contributed by atoms with Crippen molar-refractivity contribution in [3.05, 3.63) is 70.2 Å². The lowest BCUT2D eigenvalue weighted by atomic mass is 10.0. The van der Waals surface area contributed by atoms with Crippen molar-refractivity contribution in [1.82, 2.24) is 10.5 Å². The second-order valence-corrected chi connectivity index (χ2v) is 7.47. The summed E-state index contributed by atoms with van der Waals surface area (Å²) >= 11 is 6.16. The molecule has 1 amide bonds. The van der Waals surface area contributed by atoms with E-state index in [1.165, 1.54) is 25.0 Å². The Morgan fingerprint density at radius 3 is 2.72 bits per heavy atom. The van der Waals surface area contributed by atoms with Crippen LogP contribution in [-0.2, 0) is 6.54 Å². The zero-order valence-electron chi connectivity index (χ0n) is 16.0. The number of aryl methyl sites for hydroxylation is 1. The molecule has 150 valence electrons. The van der Waals surface area contributed by atoms with Gasteiger partial charge in [-0.2, -0.15) is 0 Å². The van der Waals surface area contributed by atoms with Crippen LogP contribution < -0.4 is 10.2 Å². The molecule has 1 N–H and O–H groups in total. The van der Waals surface area contributed by atoms with Crippen molar-refractivity contribution in [2.75, 3.05) is 18.0 Å². The summed E-state index contributed by atoms with van der Waals surface area (Å²) in [4.78, 5) is 15.3. The van der Waals surface area contributed by atoms with Gasteiger partial charge in [0.1, 0.15) is 22.8 Å². The predicted molar refractivity (Wildman–Crippen MR) is 111 cm³/mol. The van der Waals surface area contributed by atoms with Gasteiger partial charge in [-0.25, -0.2) is 4.39 Å². The van der Waals surface area contributed by atoms with Gasteiger partial charge in [0, 0.05) is 25.3 Å². The fourth-order valence-electron chi connectivity index (χ4n) is 3.72. The molecule has 7 heteroatoms. The molecule has 2 aromatic carbocycles. The molecule has 1 aromatic heterocycles. The quantitative estimate of drug-likeness (QED) is 0.641. The normalized spacial score (nSPS) is 13.7. The summed E-state index contributed by atoms with van der Waals surface area (Å²) in [5.74, 6) is -0.627. The summed E-state index contributed by atoms with van der Waals surface area (Å²) < 4.78 is 19.6. The Balaban J connectivity index is 1.59. The molecule has 0 spiro atoms. The highest BCUT2D eigenvalue weighted by molar-refractivity contribution is 6.33. The SMILES string of the molecule is Cc1onc(-c2c(F)cccc2Cl)c1C(=O)NCc1ccccc1N1CCCC1. The summed E-state index contributed by atoms with van der Waals surface area (Å²) in [6.07, 6.45) is 2.35. The third kappa shape index (κ3) is 3.85. The molecule has 29 heavy (non-hydrogen) atoms. The van der Waals surface area contributed by atoms with Gasteiger partial charge in [-0.3, -0.25) is 4.79 Å². The van der Waals surface area contributed by atoms with Gasteiger partial charge in [-0.1, -0.05) is 41.0 Å². The molecule has 0 saturated carbocycles. The van der Waals surface area contributed by atoms with Crippen molar-refractivity contribution in [3.8, 4) is 11.3 Å². The van der Waals surface area contributed by atoms with Crippen LogP contribution in [0.25, 0.3) is 11.3 Å². The van der Waals surface area contributed by atoms with Crippen molar-refractivity contribution >= 4 is 23.2 Å². The standard InChI is InChI=1S/C22H21ClFN3O2/c1-14-19(21(26-29-14)20-16(23)8-6-9-17(20)24)22(28)25-13-15-7-2-3-10-18(15)27-11-4-5-12-27/h2-3,6-10H,4-5,11-13H2,1H3,(H,25,28). The second kappa shape index (κ2) is 8.25. The van der Waals surface area contributed by atoms with Gasteiger partial charge < -0.3 is 14.7 Å². The molecular weight excluding hydrogens is 393 g/mol. The average molecular weight is 414 g/mol. The van der Waals surface area contributed by atoms with Crippen molar-refractivity contribution in [2.45, 2.75) is 26.3 Å². The first-order chi connectivity index (χ1) is 14.1. The number of benzene rings is 2. The fourth-order valence-corrected chi connectivity index (χ4v) is 3.98. The van der Waals surface area contributed by atoms with Crippen LogP contribution in [0.2, 0.25) is 5.02 Å². The van der Waals surface area contributed by atoms with Crippen LogP contribution in [0.15, 0.2) is 47.0 Å². The van der Waals surface area contributed by atoms with Crippen LogP contribution in [-0.4, -0.2) is 24.2 Å². The largest absolute Gasteiger partial charge is 0.371 e. The van der Waals surface area contributed by atoms with Crippen LogP contribution in [0, 0.1) is 12.7 Å². The first-order valence-corrected chi connectivity index (χ1v) is 9.95. The number of hydrogen-bond acceptors (Lipinski definition) is 4. The molecule has 0 bridgehead atoms. The molecule has 3 aromatic rings. The molecule has 1 aliphatic heterocycles. The van der Waals surface area contributed by atoms with Gasteiger partial charge in [0.2, 0.25) is 0 Å². The van der Waals surface area contributed by atoms with Crippen LogP contribution >= 0.6 is 11.6 Å². The van der Waals surface area contributed by atoms with Crippen molar-refractivity contribution < 1.29 is 13.7 Å². The van der Waals surface area contributed by atoms with Gasteiger partial charge in [-0.15, -0.1) is 0 Å². The number of nitrogens with one attached hydrogen (secondary N) is 1. The summed E-state index contributed by atoms with van der Waals surface area (Å²) in [6, 6.07) is 12.4. The maximum Gasteiger partial charge on any atom is 0.257 e. The molecule has 4 rings (SSSR count). The minimum absolute atomic E-state index is 0.0635. The van der Waals surface area contributed by atoms with E-state index in [1.807, 2.05) is 18.2 Å². The number of anilines is 1. The van der Waals surface area contributed by atoms with Gasteiger partial charge in [0.05, 0.1) is 10.6 Å². The summed E-state index contributed by atoms with van der Waals surface area (Å²) in [5, 5.41) is 6.99. The fraction of sp³-hybridized carbons (Fsp3) is 0.273. The van der Waals surface area contributed by atoms with E-state index in [9.17, 15) is 9.18 Å². The lowest BCUT2D eigenvalue weighted by Crippen LogP contribution is -2.26. The molecule has 2 heterocycles. The Kier molecular flexibility index (Phi) is 5.53. The Hall–Kier alpha value is -2.86. The van der Waals surface area contributed by atoms with Crippen molar-refractivity contribution in [3.63, 3.8) is 0 Å². The van der Waals surface area contributed by atoms with Crippen LogP contribution in [0.5, 0.6) is 0 Å². The highest BCUT2D eigenvalue weighted by Crippen LogP contribution is 2.33. The summed E-state index contributed by atoms with van der Waals surface area (Å²) in [7, 11) is 0. The van der Waals surface area contributed by atoms with Gasteiger partial charge in [0.15, 0.2) is 0 Å². The maximum atomic E-state index is 14.4. The smallest absolute Gasteiger partial charge is 0.257 e. The molecule has 1 aliphatic rings. The van der Waals surface area contributed by atoms with Crippen LogP contribution in [0.4, 0.5) is 10.1 Å². The van der Waals surface area contributed by atoms with E-state index in [0.717, 1.165) is 24.3 Å². The molecule has 0 atom stereocenters. The first kappa shape index (κ1) is 19.5. The van der Waals surface area contributed by atoms with Gasteiger partial charge in [0.25, 0.3) is 5.91 Å². The van der Waals surface area contributed by atoms with Crippen LogP contribution in [0.3, 0.4) is 0 Å². The van der Waals surface area contributed by atoms with E-state index in [1.54, 1.807) is 13.0 Å². The monoisotopic (exact) mass is 413 g/mol. The number of halogens is 2. The highest BCUT2D eigenvalue weighted by Gasteiger charge is 2.25. The number of rotatable bonds is 5. The molecule has 0 radical (unpaired) electrons. The number of nitrogens with zero attached hydrogens (tertiary/aromatic N) is 2. The third-order valence-electron chi connectivity index (χ3n) is 5.17. The number of hydrogen-bond donors (Lipinski definition) is 1. The van der Waals surface area contributed by atoms with Gasteiger partial charge >= 0.3 is 0 Å². The molecule has 0 unspecified atom stereocenters. The molecule has 1 saturated heterocycles. The maximum absolute atomic E-state index is 14.4. The first-order valence-electron chi connectivity index (χ1n) is 9.58. The number of carbonyl (C=O) groups is 1. The molecule has 1 fully saturated rings. The third-order valence-corrected chi connectivity index (χ3v) is 5.48. The highest BCUT2D eigenvalue weighted by atomic mass is 35.5.